The van der Waals surface area contributed by atoms with E-state index in [2.05, 4.69) is 20.5 Å². The third-order valence-corrected chi connectivity index (χ3v) is 2.96. The normalized spacial score (nSPS) is 10.3. The summed E-state index contributed by atoms with van der Waals surface area (Å²) in [7, 11) is 0. The number of aromatic nitrogens is 3. The lowest BCUT2D eigenvalue weighted by atomic mass is 10.2. The summed E-state index contributed by atoms with van der Waals surface area (Å²) in [5.74, 6) is 2.02. The predicted molar refractivity (Wildman–Crippen MR) is 81.6 cm³/mol. The molecular weight excluding hydrogens is 264 g/mol. The van der Waals surface area contributed by atoms with Crippen molar-refractivity contribution in [3.05, 3.63) is 66.0 Å². The number of ether oxygens (including phenoxy) is 1. The van der Waals surface area contributed by atoms with Crippen LogP contribution in [0.15, 0.2) is 54.6 Å². The van der Waals surface area contributed by atoms with Crippen LogP contribution in [0.5, 0.6) is 5.75 Å². The van der Waals surface area contributed by atoms with E-state index in [0.29, 0.717) is 18.4 Å². The standard InChI is InChI=1S/C16H16N4O/c1-12-7-9-14(10-8-12)21-11-15-18-16(20-19-15)17-13-5-3-2-4-6-13/h2-10H,11H2,1H3,(H2,17,18,19,20). The maximum Gasteiger partial charge on any atom is 0.246 e. The van der Waals surface area contributed by atoms with Gasteiger partial charge in [0.1, 0.15) is 12.4 Å². The van der Waals surface area contributed by atoms with Gasteiger partial charge in [-0.1, -0.05) is 35.9 Å². The number of hydrogen-bond donors (Lipinski definition) is 2. The van der Waals surface area contributed by atoms with Crippen LogP contribution < -0.4 is 10.1 Å². The van der Waals surface area contributed by atoms with Crippen molar-refractivity contribution in [1.82, 2.24) is 15.2 Å². The summed E-state index contributed by atoms with van der Waals surface area (Å²) in [6.45, 7) is 2.40. The smallest absolute Gasteiger partial charge is 0.246 e. The Labute approximate surface area is 123 Å². The van der Waals surface area contributed by atoms with E-state index >= 15 is 0 Å². The van der Waals surface area contributed by atoms with Crippen molar-refractivity contribution in [2.24, 2.45) is 0 Å². The molecule has 21 heavy (non-hydrogen) atoms. The average molecular weight is 280 g/mol. The highest BCUT2D eigenvalue weighted by Gasteiger charge is 2.04. The van der Waals surface area contributed by atoms with E-state index in [1.807, 2.05) is 61.5 Å². The molecule has 0 amide bonds. The van der Waals surface area contributed by atoms with Crippen LogP contribution in [-0.4, -0.2) is 15.2 Å². The second-order valence-electron chi connectivity index (χ2n) is 4.70. The molecule has 2 aromatic carbocycles. The van der Waals surface area contributed by atoms with Crippen molar-refractivity contribution < 1.29 is 4.74 Å². The minimum atomic E-state index is 0.354. The first-order valence-electron chi connectivity index (χ1n) is 6.72. The third-order valence-electron chi connectivity index (χ3n) is 2.96. The molecule has 0 aliphatic carbocycles. The SMILES string of the molecule is Cc1ccc(OCc2nc(Nc3ccccc3)n[nH]2)cc1. The van der Waals surface area contributed by atoms with Gasteiger partial charge in [-0.25, -0.2) is 0 Å². The van der Waals surface area contributed by atoms with Gasteiger partial charge in [-0.2, -0.15) is 4.98 Å². The first kappa shape index (κ1) is 13.2. The largest absolute Gasteiger partial charge is 0.486 e. The van der Waals surface area contributed by atoms with Crippen LogP contribution in [0, 0.1) is 6.92 Å². The van der Waals surface area contributed by atoms with Gasteiger partial charge in [0, 0.05) is 5.69 Å². The Morgan fingerprint density at radius 3 is 2.57 bits per heavy atom. The molecule has 0 saturated carbocycles. The Kier molecular flexibility index (Phi) is 3.82. The van der Waals surface area contributed by atoms with Gasteiger partial charge >= 0.3 is 0 Å². The van der Waals surface area contributed by atoms with Gasteiger partial charge in [0.15, 0.2) is 5.82 Å². The summed E-state index contributed by atoms with van der Waals surface area (Å²) < 4.78 is 5.65. The molecule has 0 unspecified atom stereocenters. The maximum absolute atomic E-state index is 5.65. The van der Waals surface area contributed by atoms with Gasteiger partial charge < -0.3 is 10.1 Å². The molecule has 0 radical (unpaired) electrons. The Bertz CT molecular complexity index is 692. The van der Waals surface area contributed by atoms with E-state index < -0.39 is 0 Å². The summed E-state index contributed by atoms with van der Waals surface area (Å²) in [5, 5.41) is 10.1. The maximum atomic E-state index is 5.65. The van der Waals surface area contributed by atoms with Crippen molar-refractivity contribution in [1.29, 1.82) is 0 Å². The van der Waals surface area contributed by atoms with Gasteiger partial charge in [-0.05, 0) is 31.2 Å². The summed E-state index contributed by atoms with van der Waals surface area (Å²) >= 11 is 0. The van der Waals surface area contributed by atoms with Gasteiger partial charge in [-0.3, -0.25) is 5.10 Å². The molecule has 0 fully saturated rings. The number of nitrogens with one attached hydrogen (secondary N) is 2. The number of benzene rings is 2. The minimum Gasteiger partial charge on any atom is -0.486 e. The van der Waals surface area contributed by atoms with Crippen LogP contribution in [0.3, 0.4) is 0 Å². The minimum absolute atomic E-state index is 0.354. The number of aryl methyl sites for hydroxylation is 1. The molecule has 3 rings (SSSR count). The fourth-order valence-electron chi connectivity index (χ4n) is 1.85. The van der Waals surface area contributed by atoms with Gasteiger partial charge in [0.25, 0.3) is 0 Å². The second kappa shape index (κ2) is 6.09. The molecule has 0 spiro atoms. The van der Waals surface area contributed by atoms with Crippen LogP contribution in [0.25, 0.3) is 0 Å². The zero-order chi connectivity index (χ0) is 14.5. The number of rotatable bonds is 5. The number of para-hydroxylation sites is 1. The van der Waals surface area contributed by atoms with E-state index in [9.17, 15) is 0 Å². The highest BCUT2D eigenvalue weighted by molar-refractivity contribution is 5.52. The number of hydrogen-bond acceptors (Lipinski definition) is 4. The zero-order valence-corrected chi connectivity index (χ0v) is 11.7. The van der Waals surface area contributed by atoms with Crippen LogP contribution >= 0.6 is 0 Å². The van der Waals surface area contributed by atoms with E-state index in [1.54, 1.807) is 0 Å². The van der Waals surface area contributed by atoms with Gasteiger partial charge in [0.2, 0.25) is 5.95 Å². The molecule has 2 N–H and O–H groups in total. The van der Waals surface area contributed by atoms with Crippen LogP contribution in [0.1, 0.15) is 11.4 Å². The Hall–Kier alpha value is -2.82. The topological polar surface area (TPSA) is 62.8 Å². The van der Waals surface area contributed by atoms with Crippen molar-refractivity contribution in [2.45, 2.75) is 13.5 Å². The lowest BCUT2D eigenvalue weighted by molar-refractivity contribution is 0.296. The fourth-order valence-corrected chi connectivity index (χ4v) is 1.85. The van der Waals surface area contributed by atoms with Crippen molar-refractivity contribution >= 4 is 11.6 Å². The fraction of sp³-hybridized carbons (Fsp3) is 0.125. The lowest BCUT2D eigenvalue weighted by Gasteiger charge is -2.03. The van der Waals surface area contributed by atoms with Crippen LogP contribution in [0.4, 0.5) is 11.6 Å². The first-order chi connectivity index (χ1) is 10.3. The first-order valence-corrected chi connectivity index (χ1v) is 6.72. The molecule has 0 aliphatic heterocycles. The van der Waals surface area contributed by atoms with E-state index in [0.717, 1.165) is 11.4 Å². The zero-order valence-electron chi connectivity index (χ0n) is 11.7. The van der Waals surface area contributed by atoms with Crippen LogP contribution in [0.2, 0.25) is 0 Å². The number of H-pyrrole nitrogens is 1. The quantitative estimate of drug-likeness (QED) is 0.751. The van der Waals surface area contributed by atoms with Crippen molar-refractivity contribution in [3.8, 4) is 5.75 Å². The lowest BCUT2D eigenvalue weighted by Crippen LogP contribution is -1.98. The molecule has 0 atom stereocenters. The number of aromatic amines is 1. The van der Waals surface area contributed by atoms with Gasteiger partial charge in [0.05, 0.1) is 0 Å². The Balaban J connectivity index is 1.59. The molecule has 5 heteroatoms. The third kappa shape index (κ3) is 3.60. The summed E-state index contributed by atoms with van der Waals surface area (Å²) in [6, 6.07) is 17.7. The summed E-state index contributed by atoms with van der Waals surface area (Å²) in [4.78, 5) is 4.34. The molecule has 5 nitrogen and oxygen atoms in total. The molecule has 1 aromatic heterocycles. The van der Waals surface area contributed by atoms with Crippen molar-refractivity contribution in [2.75, 3.05) is 5.32 Å². The van der Waals surface area contributed by atoms with E-state index in [1.165, 1.54) is 5.56 Å². The van der Waals surface area contributed by atoms with E-state index in [4.69, 9.17) is 4.74 Å². The molecule has 106 valence electrons. The molecule has 1 heterocycles. The molecular formula is C16H16N4O. The Morgan fingerprint density at radius 2 is 1.81 bits per heavy atom. The second-order valence-corrected chi connectivity index (χ2v) is 4.70. The predicted octanol–water partition coefficient (Wildman–Crippen LogP) is 3.44. The molecule has 3 aromatic rings. The van der Waals surface area contributed by atoms with Crippen LogP contribution in [-0.2, 0) is 6.61 Å². The van der Waals surface area contributed by atoms with E-state index in [-0.39, 0.29) is 0 Å². The molecule has 0 aliphatic rings. The highest BCUT2D eigenvalue weighted by Crippen LogP contribution is 2.14. The number of nitrogens with zero attached hydrogens (tertiary/aromatic N) is 2. The highest BCUT2D eigenvalue weighted by atomic mass is 16.5. The summed E-state index contributed by atoms with van der Waals surface area (Å²) in [5.41, 5.74) is 2.15. The molecule has 0 bridgehead atoms. The van der Waals surface area contributed by atoms with Gasteiger partial charge in [-0.15, -0.1) is 5.10 Å². The van der Waals surface area contributed by atoms with Crippen molar-refractivity contribution in [3.63, 3.8) is 0 Å². The number of anilines is 2. The summed E-state index contributed by atoms with van der Waals surface area (Å²) in [6.07, 6.45) is 0. The average Bonchev–Trinajstić information content (AvgIpc) is 2.95. The monoisotopic (exact) mass is 280 g/mol. The molecule has 0 saturated heterocycles. The Morgan fingerprint density at radius 1 is 1.05 bits per heavy atom.